The van der Waals surface area contributed by atoms with E-state index in [1.807, 2.05) is 6.92 Å². The number of nitrogens with one attached hydrogen (secondary N) is 1. The standard InChI is InChI=1S/C47H56N2O13/c1-11-12-19-58-29-16-17-30-32(21-29)61-44-36(48-30)33-34-40(53)27(7)43-35(33)45(55)47(9,62-43)59-20-18-31(57-10)24(4)42(60-28(8)50)26(6)39(52)25(5)38(51)22(2)14-13-15-23(3)46(56)49-37(44)41(34)54/h13-18,20-22,24-26,31,38-39,42,51-52,54H,11-12,19H2,1-10H3,(H,49,56)/b14-13+,20-18+,23-15-/t22-,24+,25+,26+,31-,38-,39+,42+,47-/m0/s1. The lowest BCUT2D eigenvalue weighted by Crippen LogP contribution is -2.46. The molecule has 3 aromatic carbocycles. The molecule has 0 saturated heterocycles. The summed E-state index contributed by atoms with van der Waals surface area (Å²) in [4.78, 5) is 60.1. The van der Waals surface area contributed by atoms with Crippen LogP contribution in [0.15, 0.2) is 63.6 Å². The fraction of sp³-hybridized carbons (Fsp3) is 0.468. The summed E-state index contributed by atoms with van der Waals surface area (Å²) in [5.74, 6) is -6.73. The molecule has 15 nitrogen and oxygen atoms in total. The predicted molar refractivity (Wildman–Crippen MR) is 232 cm³/mol. The SMILES string of the molecule is CCCCOc1ccc2nc3c(oc2c1)c1c(O)c2c(=O)c(C)c4c(c23)C(=O)[C@@](C)(O/C=C/[C@H](OC)[C@@H](C)[C@@H](OC(C)=O)[C@H](C)[C@H](O)[C@H](C)[C@@H](O)[C@@H](C)/C=C/C=C(/C)C(=O)N1)O4. The first kappa shape index (κ1) is 45.7. The molecule has 0 unspecified atom stereocenters. The number of aliphatic hydroxyl groups is 2. The van der Waals surface area contributed by atoms with Crippen molar-refractivity contribution in [1.82, 2.24) is 4.98 Å². The molecule has 2 aliphatic rings. The maximum absolute atomic E-state index is 14.7. The van der Waals surface area contributed by atoms with E-state index in [0.717, 1.165) is 12.8 Å². The number of allylic oxidation sites excluding steroid dienone is 2. The van der Waals surface area contributed by atoms with Gasteiger partial charge < -0.3 is 48.7 Å². The Morgan fingerprint density at radius 3 is 2.40 bits per heavy atom. The van der Waals surface area contributed by atoms with Gasteiger partial charge in [0, 0.05) is 67.2 Å². The summed E-state index contributed by atoms with van der Waals surface area (Å²) >= 11 is 0. The van der Waals surface area contributed by atoms with Gasteiger partial charge in [0.1, 0.15) is 34.3 Å². The third kappa shape index (κ3) is 8.53. The summed E-state index contributed by atoms with van der Waals surface area (Å²) in [7, 11) is 1.44. The number of aromatic nitrogens is 1. The van der Waals surface area contributed by atoms with E-state index in [2.05, 4.69) is 5.32 Å². The van der Waals surface area contributed by atoms with E-state index in [1.54, 1.807) is 58.0 Å². The maximum atomic E-state index is 14.7. The average Bonchev–Trinajstić information content (AvgIpc) is 3.51. The summed E-state index contributed by atoms with van der Waals surface area (Å²) in [6.07, 6.45) is 5.37. The number of nitrogens with zero attached hydrogens (tertiary/aromatic N) is 1. The summed E-state index contributed by atoms with van der Waals surface area (Å²) in [6, 6.07) is 5.01. The van der Waals surface area contributed by atoms with Crippen LogP contribution < -0.4 is 20.2 Å². The van der Waals surface area contributed by atoms with Crippen molar-refractivity contribution in [2.75, 3.05) is 19.0 Å². The van der Waals surface area contributed by atoms with Crippen molar-refractivity contribution in [3.05, 3.63) is 75.7 Å². The Morgan fingerprint density at radius 2 is 1.73 bits per heavy atom. The van der Waals surface area contributed by atoms with Crippen LogP contribution in [0.3, 0.4) is 0 Å². The minimum atomic E-state index is -2.04. The van der Waals surface area contributed by atoms with Crippen molar-refractivity contribution in [1.29, 1.82) is 0 Å². The van der Waals surface area contributed by atoms with Crippen LogP contribution in [-0.4, -0.2) is 81.9 Å². The molecule has 0 spiro atoms. The molecule has 15 heteroatoms. The van der Waals surface area contributed by atoms with Crippen molar-refractivity contribution in [2.45, 2.75) is 105 Å². The molecule has 0 fully saturated rings. The fourth-order valence-electron chi connectivity index (χ4n) is 8.21. The number of hydrogen-bond acceptors (Lipinski definition) is 14. The third-order valence-corrected chi connectivity index (χ3v) is 12.1. The number of amides is 1. The van der Waals surface area contributed by atoms with Crippen LogP contribution in [0.5, 0.6) is 17.2 Å². The van der Waals surface area contributed by atoms with E-state index in [9.17, 15) is 34.5 Å². The summed E-state index contributed by atoms with van der Waals surface area (Å²) in [6.45, 7) is 15.1. The molecule has 1 amide bonds. The molecule has 5 bridgehead atoms. The molecule has 6 rings (SSSR count). The van der Waals surface area contributed by atoms with Gasteiger partial charge in [0.15, 0.2) is 22.3 Å². The fourth-order valence-corrected chi connectivity index (χ4v) is 8.21. The minimum absolute atomic E-state index is 0.00638. The second kappa shape index (κ2) is 18.3. The minimum Gasteiger partial charge on any atom is -0.505 e. The number of carbonyl (C=O) groups excluding carboxylic acids is 3. The number of hydrogen-bond donors (Lipinski definition) is 4. The first-order valence-electron chi connectivity index (χ1n) is 20.9. The van der Waals surface area contributed by atoms with Gasteiger partial charge in [-0.2, -0.15) is 0 Å². The van der Waals surface area contributed by atoms with E-state index in [4.69, 9.17) is 33.1 Å². The van der Waals surface area contributed by atoms with Crippen molar-refractivity contribution >= 4 is 56.3 Å². The summed E-state index contributed by atoms with van der Waals surface area (Å²) in [5, 5.41) is 37.3. The number of aromatic hydroxyl groups is 1. The van der Waals surface area contributed by atoms with Gasteiger partial charge in [-0.15, -0.1) is 0 Å². The van der Waals surface area contributed by atoms with Gasteiger partial charge in [0.25, 0.3) is 11.7 Å². The summed E-state index contributed by atoms with van der Waals surface area (Å²) in [5.41, 5.74) is -0.460. The highest BCUT2D eigenvalue weighted by molar-refractivity contribution is 6.26. The van der Waals surface area contributed by atoms with E-state index in [1.165, 1.54) is 53.2 Å². The number of carbonyl (C=O) groups is 3. The number of benzene rings is 3. The Hall–Kier alpha value is -5.77. The number of phenols is 1. The van der Waals surface area contributed by atoms with Gasteiger partial charge in [-0.1, -0.05) is 59.3 Å². The molecule has 0 saturated carbocycles. The number of phenolic OH excluding ortho intramolecular Hbond substituents is 1. The zero-order valence-corrected chi connectivity index (χ0v) is 36.7. The van der Waals surface area contributed by atoms with Crippen LogP contribution in [0, 0.1) is 30.6 Å². The lowest BCUT2D eigenvalue weighted by molar-refractivity contribution is -0.160. The van der Waals surface area contributed by atoms with Crippen molar-refractivity contribution < 1.29 is 57.8 Å². The Kier molecular flexibility index (Phi) is 13.5. The quantitative estimate of drug-likeness (QED) is 0.0498. The van der Waals surface area contributed by atoms with Crippen LogP contribution in [0.4, 0.5) is 5.69 Å². The number of Topliss-reactive ketones (excluding diaryl/α,β-unsaturated/α-hetero) is 1. The van der Waals surface area contributed by atoms with Gasteiger partial charge in [-0.3, -0.25) is 19.2 Å². The van der Waals surface area contributed by atoms with Crippen LogP contribution >= 0.6 is 0 Å². The number of ketones is 1. The first-order chi connectivity index (χ1) is 29.3. The zero-order chi connectivity index (χ0) is 45.4. The number of rotatable bonds is 6. The number of aliphatic hydroxyl groups excluding tert-OH is 2. The first-order valence-corrected chi connectivity index (χ1v) is 20.9. The molecule has 1 aromatic heterocycles. The number of ether oxygens (including phenoxy) is 5. The molecule has 332 valence electrons. The normalized spacial score (nSPS) is 29.2. The predicted octanol–water partition coefficient (Wildman–Crippen LogP) is 7.18. The Morgan fingerprint density at radius 1 is 1.00 bits per heavy atom. The van der Waals surface area contributed by atoms with E-state index >= 15 is 0 Å². The molecular formula is C47H56N2O13. The molecular weight excluding hydrogens is 801 g/mol. The monoisotopic (exact) mass is 856 g/mol. The lowest BCUT2D eigenvalue weighted by Gasteiger charge is -2.38. The van der Waals surface area contributed by atoms with Crippen LogP contribution in [0.1, 0.15) is 84.2 Å². The number of fused-ring (bicyclic) bond motifs is 5. The number of methoxy groups -OCH3 is 1. The molecule has 4 aromatic rings. The average molecular weight is 857 g/mol. The van der Waals surface area contributed by atoms with E-state index in [-0.39, 0.29) is 55.6 Å². The van der Waals surface area contributed by atoms with Gasteiger partial charge in [0.2, 0.25) is 0 Å². The Labute approximate surface area is 359 Å². The van der Waals surface area contributed by atoms with Crippen LogP contribution in [0.2, 0.25) is 0 Å². The van der Waals surface area contributed by atoms with Gasteiger partial charge in [-0.05, 0) is 38.5 Å². The molecule has 62 heavy (non-hydrogen) atoms. The van der Waals surface area contributed by atoms with Gasteiger partial charge in [-0.25, -0.2) is 4.98 Å². The second-order valence-corrected chi connectivity index (χ2v) is 16.6. The van der Waals surface area contributed by atoms with Crippen LogP contribution in [0.25, 0.3) is 33.0 Å². The van der Waals surface area contributed by atoms with E-state index < -0.39 is 82.7 Å². The second-order valence-electron chi connectivity index (χ2n) is 16.6. The van der Waals surface area contributed by atoms with Crippen LogP contribution in [-0.2, 0) is 23.8 Å². The highest BCUT2D eigenvalue weighted by Gasteiger charge is 2.49. The van der Waals surface area contributed by atoms with Crippen molar-refractivity contribution in [2.24, 2.45) is 23.7 Å². The Balaban J connectivity index is 1.58. The molecule has 9 atom stereocenters. The number of anilines is 1. The maximum Gasteiger partial charge on any atom is 0.312 e. The largest absolute Gasteiger partial charge is 0.505 e. The lowest BCUT2D eigenvalue weighted by atomic mass is 9.78. The molecule has 4 N–H and O–H groups in total. The smallest absolute Gasteiger partial charge is 0.312 e. The number of unbranched alkanes of at least 4 members (excludes halogenated alkanes) is 1. The van der Waals surface area contributed by atoms with Gasteiger partial charge in [0.05, 0.1) is 42.1 Å². The van der Waals surface area contributed by atoms with Crippen molar-refractivity contribution in [3.63, 3.8) is 0 Å². The Bertz CT molecular complexity index is 2560. The molecule has 0 aliphatic carbocycles. The third-order valence-electron chi connectivity index (χ3n) is 12.1. The summed E-state index contributed by atoms with van der Waals surface area (Å²) < 4.78 is 36.1. The zero-order valence-electron chi connectivity index (χ0n) is 36.7. The van der Waals surface area contributed by atoms with E-state index in [0.29, 0.717) is 17.9 Å². The molecule has 0 radical (unpaired) electrons. The highest BCUT2D eigenvalue weighted by Crippen LogP contribution is 2.48. The topological polar surface area (TPSA) is 213 Å². The van der Waals surface area contributed by atoms with Crippen molar-refractivity contribution in [3.8, 4) is 17.2 Å². The highest BCUT2D eigenvalue weighted by atomic mass is 16.7. The van der Waals surface area contributed by atoms with Gasteiger partial charge >= 0.3 is 11.8 Å². The number of esters is 1. The molecule has 3 heterocycles. The molecule has 2 aliphatic heterocycles.